The average Bonchev–Trinajstić information content (AvgIpc) is 3.97. The molecule has 0 bridgehead atoms. The van der Waals surface area contributed by atoms with Crippen LogP contribution < -0.4 is 20.3 Å². The maximum Gasteiger partial charge on any atom is 0.203 e. The van der Waals surface area contributed by atoms with Crippen LogP contribution in [0, 0.1) is 11.8 Å². The van der Waals surface area contributed by atoms with Crippen LogP contribution in [0.15, 0.2) is 60.9 Å². The highest BCUT2D eigenvalue weighted by Crippen LogP contribution is 2.28. The van der Waals surface area contributed by atoms with E-state index in [1.54, 1.807) is 26.6 Å². The molecule has 3 atom stereocenters. The molecule has 0 amide bonds. The molecule has 0 aliphatic carbocycles. The Morgan fingerprint density at radius 3 is 1.88 bits per heavy atom. The zero-order chi connectivity index (χ0) is 34.0. The first-order chi connectivity index (χ1) is 24.0. The minimum absolute atomic E-state index is 0.0370. The van der Waals surface area contributed by atoms with Crippen molar-refractivity contribution in [1.29, 1.82) is 0 Å². The van der Waals surface area contributed by atoms with Crippen molar-refractivity contribution >= 4 is 45.2 Å². The van der Waals surface area contributed by atoms with E-state index in [9.17, 15) is 4.79 Å². The van der Waals surface area contributed by atoms with E-state index in [1.165, 1.54) is 22.7 Å². The van der Waals surface area contributed by atoms with Crippen molar-refractivity contribution in [3.8, 4) is 5.75 Å². The molecule has 1 aromatic carbocycles. The Morgan fingerprint density at radius 2 is 1.37 bits per heavy atom. The number of nitrogens with zero attached hydrogens (tertiary/aromatic N) is 10. The number of aromatic nitrogens is 8. The van der Waals surface area contributed by atoms with Gasteiger partial charge < -0.3 is 25.0 Å². The molecule has 0 saturated carbocycles. The standard InChI is InChI=1S/C22H25N5O3S.C11H14N6S/c1-29-17-7-5-16(6-8-17)22(30-2)18(28)13-21-26-25-20(31-21)12-15-9-11-27(14-15)19-4-3-10-23-24-19;12-11-16-15-10(18-11)6-8-3-5-17(7-8)9-2-1-4-13-14-9/h3-8,10,15,22H,9,11-14H2,1-2H3;1-2,4,8H,3,5-7H2,(H2,12,16)/t15-,22-;8-/m00/s1. The third-order valence-corrected chi connectivity index (χ3v) is 10.2. The molecule has 2 aliphatic rings. The third-order valence-electron chi connectivity index (χ3n) is 8.53. The van der Waals surface area contributed by atoms with Gasteiger partial charge in [0, 0.05) is 58.5 Å². The zero-order valence-electron chi connectivity index (χ0n) is 27.5. The summed E-state index contributed by atoms with van der Waals surface area (Å²) in [5.41, 5.74) is 6.39. The summed E-state index contributed by atoms with van der Waals surface area (Å²) < 4.78 is 10.6. The van der Waals surface area contributed by atoms with Crippen molar-refractivity contribution < 1.29 is 14.3 Å². The SMILES string of the molecule is COc1ccc([C@H](OC)C(=O)Cc2nnc(C[C@@H]3CCN(c4cccnn4)C3)s2)cc1.Nc1nnc(C[C@@H]2CCN(c3cccnn3)C2)s1. The quantitative estimate of drug-likeness (QED) is 0.199. The molecule has 2 fully saturated rings. The minimum atomic E-state index is -0.631. The van der Waals surface area contributed by atoms with Crippen molar-refractivity contribution in [2.45, 2.75) is 38.2 Å². The monoisotopic (exact) mass is 701 g/mol. The fraction of sp³-hybridized carbons (Fsp3) is 0.424. The molecular formula is C33H39N11O3S2. The fourth-order valence-electron chi connectivity index (χ4n) is 6.10. The molecule has 2 saturated heterocycles. The maximum absolute atomic E-state index is 12.8. The number of methoxy groups -OCH3 is 2. The summed E-state index contributed by atoms with van der Waals surface area (Å²) in [7, 11) is 3.15. The van der Waals surface area contributed by atoms with Gasteiger partial charge >= 0.3 is 0 Å². The van der Waals surface area contributed by atoms with Gasteiger partial charge in [-0.15, -0.1) is 41.9 Å². The molecule has 2 N–H and O–H groups in total. The topological polar surface area (TPSA) is 171 Å². The van der Waals surface area contributed by atoms with E-state index in [-0.39, 0.29) is 12.2 Å². The Kier molecular flexibility index (Phi) is 11.6. The number of ketones is 1. The fourth-order valence-corrected chi connectivity index (χ4v) is 7.79. The van der Waals surface area contributed by atoms with Crippen LogP contribution in [0.3, 0.4) is 0 Å². The molecule has 0 radical (unpaired) electrons. The molecule has 7 rings (SSSR count). The minimum Gasteiger partial charge on any atom is -0.497 e. The van der Waals surface area contributed by atoms with E-state index in [1.807, 2.05) is 48.5 Å². The van der Waals surface area contributed by atoms with Gasteiger partial charge in [-0.1, -0.05) is 23.5 Å². The second kappa shape index (κ2) is 16.6. The van der Waals surface area contributed by atoms with Crippen LogP contribution in [-0.4, -0.2) is 87.0 Å². The predicted molar refractivity (Wildman–Crippen MR) is 188 cm³/mol. The average molecular weight is 702 g/mol. The number of benzene rings is 1. The number of Topliss-reactive ketones (excluding diaryl/α,β-unsaturated/α-hetero) is 1. The van der Waals surface area contributed by atoms with E-state index in [0.717, 1.165) is 89.8 Å². The largest absolute Gasteiger partial charge is 0.497 e. The van der Waals surface area contributed by atoms with Crippen molar-refractivity contribution in [3.05, 3.63) is 81.5 Å². The number of carbonyl (C=O) groups excluding carboxylic acids is 1. The lowest BCUT2D eigenvalue weighted by atomic mass is 10.0. The van der Waals surface area contributed by atoms with E-state index in [4.69, 9.17) is 15.2 Å². The van der Waals surface area contributed by atoms with Crippen LogP contribution >= 0.6 is 22.7 Å². The van der Waals surface area contributed by atoms with Gasteiger partial charge in [-0.3, -0.25) is 4.79 Å². The Bertz CT molecular complexity index is 1760. The van der Waals surface area contributed by atoms with Crippen LogP contribution in [-0.2, 0) is 28.8 Å². The summed E-state index contributed by atoms with van der Waals surface area (Å²) in [6, 6.07) is 15.1. The summed E-state index contributed by atoms with van der Waals surface area (Å²) in [4.78, 5) is 17.3. The van der Waals surface area contributed by atoms with E-state index < -0.39 is 6.10 Å². The van der Waals surface area contributed by atoms with E-state index in [0.29, 0.717) is 17.0 Å². The highest BCUT2D eigenvalue weighted by molar-refractivity contribution is 7.15. The van der Waals surface area contributed by atoms with Crippen LogP contribution in [0.5, 0.6) is 5.75 Å². The number of hydrogen-bond donors (Lipinski definition) is 1. The van der Waals surface area contributed by atoms with Crippen molar-refractivity contribution in [3.63, 3.8) is 0 Å². The van der Waals surface area contributed by atoms with Crippen LogP contribution in [0.4, 0.5) is 16.8 Å². The second-order valence-electron chi connectivity index (χ2n) is 11.9. The van der Waals surface area contributed by atoms with Gasteiger partial charge in [-0.2, -0.15) is 10.2 Å². The van der Waals surface area contributed by atoms with Crippen molar-refractivity contribution in [1.82, 2.24) is 40.8 Å². The second-order valence-corrected chi connectivity index (χ2v) is 14.2. The summed E-state index contributed by atoms with van der Waals surface area (Å²) in [6.07, 6.45) is 6.99. The Labute approximate surface area is 292 Å². The molecule has 49 heavy (non-hydrogen) atoms. The first-order valence-electron chi connectivity index (χ1n) is 16.1. The highest BCUT2D eigenvalue weighted by atomic mass is 32.1. The molecular weight excluding hydrogens is 663 g/mol. The molecule has 14 nitrogen and oxygen atoms in total. The first kappa shape index (κ1) is 34.2. The first-order valence-corrected chi connectivity index (χ1v) is 17.7. The number of ether oxygens (including phenoxy) is 2. The van der Waals surface area contributed by atoms with Gasteiger partial charge in [-0.25, -0.2) is 0 Å². The summed E-state index contributed by atoms with van der Waals surface area (Å²) in [5, 5.41) is 36.0. The number of nitrogens with two attached hydrogens (primary N) is 1. The number of rotatable bonds is 12. The maximum atomic E-state index is 12.8. The third kappa shape index (κ3) is 9.28. The van der Waals surface area contributed by atoms with Gasteiger partial charge in [0.15, 0.2) is 17.4 Å². The Balaban J connectivity index is 0.000000195. The van der Waals surface area contributed by atoms with Gasteiger partial charge in [0.05, 0.1) is 13.5 Å². The molecule has 16 heteroatoms. The van der Waals surface area contributed by atoms with Crippen LogP contribution in [0.2, 0.25) is 0 Å². The zero-order valence-corrected chi connectivity index (χ0v) is 29.1. The number of nitrogen functional groups attached to an aromatic ring is 1. The van der Waals surface area contributed by atoms with E-state index in [2.05, 4.69) is 50.6 Å². The lowest BCUT2D eigenvalue weighted by Crippen LogP contribution is -2.21. The van der Waals surface area contributed by atoms with Crippen LogP contribution in [0.1, 0.15) is 39.5 Å². The van der Waals surface area contributed by atoms with Crippen LogP contribution in [0.25, 0.3) is 0 Å². The lowest BCUT2D eigenvalue weighted by molar-refractivity contribution is -0.128. The van der Waals surface area contributed by atoms with E-state index >= 15 is 0 Å². The Hall–Kier alpha value is -4.67. The predicted octanol–water partition coefficient (Wildman–Crippen LogP) is 3.88. The van der Waals surface area contributed by atoms with Gasteiger partial charge in [0.2, 0.25) is 5.13 Å². The van der Waals surface area contributed by atoms with Gasteiger partial charge in [0.25, 0.3) is 0 Å². The normalized spacial score (nSPS) is 17.8. The van der Waals surface area contributed by atoms with Gasteiger partial charge in [0.1, 0.15) is 26.9 Å². The smallest absolute Gasteiger partial charge is 0.203 e. The highest BCUT2D eigenvalue weighted by Gasteiger charge is 2.27. The molecule has 5 aromatic rings. The molecule has 0 unspecified atom stereocenters. The summed E-state index contributed by atoms with van der Waals surface area (Å²) in [5.74, 6) is 3.66. The number of anilines is 3. The molecule has 4 aromatic heterocycles. The van der Waals surface area contributed by atoms with Crippen molar-refractivity contribution in [2.24, 2.45) is 11.8 Å². The number of hydrogen-bond acceptors (Lipinski definition) is 16. The number of carbonyl (C=O) groups is 1. The Morgan fingerprint density at radius 1 is 0.796 bits per heavy atom. The molecule has 0 spiro atoms. The lowest BCUT2D eigenvalue weighted by Gasteiger charge is -2.15. The summed E-state index contributed by atoms with van der Waals surface area (Å²) in [6.45, 7) is 3.91. The molecule has 2 aliphatic heterocycles. The molecule has 256 valence electrons. The summed E-state index contributed by atoms with van der Waals surface area (Å²) >= 11 is 2.99. The molecule has 6 heterocycles. The van der Waals surface area contributed by atoms with Gasteiger partial charge in [-0.05, 0) is 66.6 Å². The van der Waals surface area contributed by atoms with Crippen molar-refractivity contribution in [2.75, 3.05) is 55.9 Å².